The average molecular weight is 452 g/mol. The van der Waals surface area contributed by atoms with E-state index < -0.39 is 0 Å². The summed E-state index contributed by atoms with van der Waals surface area (Å²) in [4.78, 5) is 17.0. The molecule has 0 saturated heterocycles. The second-order valence-electron chi connectivity index (χ2n) is 9.26. The number of amides is 1. The van der Waals surface area contributed by atoms with E-state index in [4.69, 9.17) is 0 Å². The molecule has 0 radical (unpaired) electrons. The van der Waals surface area contributed by atoms with E-state index in [0.717, 1.165) is 61.8 Å². The normalized spacial score (nSPS) is 15.4. The van der Waals surface area contributed by atoms with Crippen LogP contribution in [0.3, 0.4) is 0 Å². The second-order valence-corrected chi connectivity index (χ2v) is 10.3. The molecule has 4 rings (SSSR count). The molecule has 0 saturated carbocycles. The lowest BCUT2D eigenvalue weighted by atomic mass is 10.0. The number of nitrogens with one attached hydrogen (secondary N) is 1. The summed E-state index contributed by atoms with van der Waals surface area (Å²) in [5.41, 5.74) is 2.89. The topological polar surface area (TPSA) is 63.1 Å². The van der Waals surface area contributed by atoms with Crippen LogP contribution in [0.1, 0.15) is 64.3 Å². The molecule has 1 aliphatic rings. The van der Waals surface area contributed by atoms with Crippen LogP contribution in [-0.2, 0) is 19.5 Å². The van der Waals surface area contributed by atoms with Gasteiger partial charge in [-0.1, -0.05) is 37.1 Å². The zero-order valence-corrected chi connectivity index (χ0v) is 20.3. The molecule has 0 fully saturated rings. The van der Waals surface area contributed by atoms with E-state index in [9.17, 15) is 4.79 Å². The summed E-state index contributed by atoms with van der Waals surface area (Å²) in [7, 11) is 0. The Balaban J connectivity index is 1.52. The van der Waals surface area contributed by atoms with E-state index in [1.165, 1.54) is 4.88 Å². The van der Waals surface area contributed by atoms with Crippen LogP contribution < -0.4 is 5.32 Å². The molecule has 1 aliphatic heterocycles. The van der Waals surface area contributed by atoms with E-state index in [2.05, 4.69) is 62.4 Å². The third-order valence-corrected chi connectivity index (χ3v) is 6.78. The van der Waals surface area contributed by atoms with Crippen LogP contribution >= 0.6 is 11.3 Å². The van der Waals surface area contributed by atoms with Gasteiger partial charge in [0.15, 0.2) is 5.82 Å². The molecule has 6 nitrogen and oxygen atoms in total. The smallest absolute Gasteiger partial charge is 0.251 e. The van der Waals surface area contributed by atoms with Gasteiger partial charge in [-0.15, -0.1) is 21.5 Å². The lowest BCUT2D eigenvalue weighted by molar-refractivity contribution is 0.0928. The van der Waals surface area contributed by atoms with E-state index in [1.54, 1.807) is 11.3 Å². The van der Waals surface area contributed by atoms with Crippen molar-refractivity contribution in [3.8, 4) is 0 Å². The molecular weight excluding hydrogens is 418 g/mol. The number of benzene rings is 1. The Morgan fingerprint density at radius 3 is 2.59 bits per heavy atom. The summed E-state index contributed by atoms with van der Waals surface area (Å²) < 4.78 is 2.24. The predicted octanol–water partition coefficient (Wildman–Crippen LogP) is 4.53. The molecule has 1 aromatic carbocycles. The molecule has 32 heavy (non-hydrogen) atoms. The summed E-state index contributed by atoms with van der Waals surface area (Å²) in [6.45, 7) is 12.2. The Morgan fingerprint density at radius 2 is 1.91 bits per heavy atom. The van der Waals surface area contributed by atoms with Gasteiger partial charge in [0.05, 0.1) is 6.04 Å². The molecule has 1 atom stereocenters. The van der Waals surface area contributed by atoms with Crippen LogP contribution in [0.15, 0.2) is 35.7 Å². The molecule has 0 bridgehead atoms. The van der Waals surface area contributed by atoms with E-state index in [0.29, 0.717) is 11.5 Å². The molecule has 3 heterocycles. The van der Waals surface area contributed by atoms with Crippen molar-refractivity contribution < 1.29 is 4.79 Å². The fourth-order valence-electron chi connectivity index (χ4n) is 4.48. The predicted molar refractivity (Wildman–Crippen MR) is 129 cm³/mol. The van der Waals surface area contributed by atoms with Gasteiger partial charge >= 0.3 is 0 Å². The van der Waals surface area contributed by atoms with Gasteiger partial charge in [-0.2, -0.15) is 0 Å². The zero-order chi connectivity index (χ0) is 22.7. The second kappa shape index (κ2) is 9.96. The van der Waals surface area contributed by atoms with Crippen molar-refractivity contribution in [3.63, 3.8) is 0 Å². The van der Waals surface area contributed by atoms with Crippen molar-refractivity contribution in [1.29, 1.82) is 0 Å². The molecule has 0 aliphatic carbocycles. The van der Waals surface area contributed by atoms with E-state index >= 15 is 0 Å². The molecular formula is C25H33N5OS. The van der Waals surface area contributed by atoms with Crippen LogP contribution in [0.5, 0.6) is 0 Å². The van der Waals surface area contributed by atoms with Crippen molar-refractivity contribution in [2.45, 2.75) is 59.7 Å². The van der Waals surface area contributed by atoms with E-state index in [-0.39, 0.29) is 11.9 Å². The van der Waals surface area contributed by atoms with Gasteiger partial charge in [-0.3, -0.25) is 9.69 Å². The quantitative estimate of drug-likeness (QED) is 0.573. The summed E-state index contributed by atoms with van der Waals surface area (Å²) in [6.07, 6.45) is 1.70. The number of aryl methyl sites for hydroxylation is 2. The Morgan fingerprint density at radius 1 is 1.12 bits per heavy atom. The molecule has 170 valence electrons. The number of rotatable bonds is 7. The molecule has 2 aromatic heterocycles. The first-order valence-electron chi connectivity index (χ1n) is 11.4. The maximum Gasteiger partial charge on any atom is 0.251 e. The molecule has 3 aromatic rings. The van der Waals surface area contributed by atoms with Gasteiger partial charge in [0.1, 0.15) is 5.82 Å². The monoisotopic (exact) mass is 451 g/mol. The fraction of sp³-hybridized carbons (Fsp3) is 0.480. The lowest BCUT2D eigenvalue weighted by Gasteiger charge is -2.22. The van der Waals surface area contributed by atoms with E-state index in [1.807, 2.05) is 26.0 Å². The highest BCUT2D eigenvalue weighted by atomic mass is 32.1. The Bertz CT molecular complexity index is 1040. The Kier molecular flexibility index (Phi) is 7.06. The summed E-state index contributed by atoms with van der Waals surface area (Å²) >= 11 is 1.81. The Hall–Kier alpha value is -2.51. The largest absolute Gasteiger partial charge is 0.342 e. The number of fused-ring (bicyclic) bond motifs is 1. The van der Waals surface area contributed by atoms with Gasteiger partial charge in [-0.05, 0) is 49.8 Å². The maximum absolute atomic E-state index is 13.1. The van der Waals surface area contributed by atoms with Gasteiger partial charge in [0, 0.05) is 43.0 Å². The maximum atomic E-state index is 13.1. The minimum atomic E-state index is -0.159. The van der Waals surface area contributed by atoms with Gasteiger partial charge in [0.25, 0.3) is 5.91 Å². The summed E-state index contributed by atoms with van der Waals surface area (Å²) in [6, 6.07) is 10.1. The molecule has 7 heteroatoms. The third-order valence-electron chi connectivity index (χ3n) is 5.92. The third kappa shape index (κ3) is 5.45. The average Bonchev–Trinajstić information content (AvgIpc) is 3.34. The molecule has 1 unspecified atom stereocenters. The van der Waals surface area contributed by atoms with Crippen molar-refractivity contribution >= 4 is 17.2 Å². The lowest BCUT2D eigenvalue weighted by Crippen LogP contribution is -2.32. The number of aromatic nitrogens is 3. The molecule has 1 N–H and O–H groups in total. The number of thiophene rings is 1. The van der Waals surface area contributed by atoms with Crippen molar-refractivity contribution in [2.75, 3.05) is 13.1 Å². The summed E-state index contributed by atoms with van der Waals surface area (Å²) in [5, 5.41) is 14.5. The molecule has 1 amide bonds. The number of hydrogen-bond donors (Lipinski definition) is 1. The number of nitrogens with zero attached hydrogens (tertiary/aromatic N) is 4. The van der Waals surface area contributed by atoms with Gasteiger partial charge in [0.2, 0.25) is 0 Å². The van der Waals surface area contributed by atoms with Crippen molar-refractivity contribution in [3.05, 3.63) is 68.9 Å². The fourth-order valence-corrected chi connectivity index (χ4v) is 5.22. The van der Waals surface area contributed by atoms with Crippen LogP contribution in [0.4, 0.5) is 0 Å². The zero-order valence-electron chi connectivity index (χ0n) is 19.5. The van der Waals surface area contributed by atoms with Crippen LogP contribution in [0.2, 0.25) is 0 Å². The Labute approximate surface area is 194 Å². The van der Waals surface area contributed by atoms with Crippen LogP contribution in [-0.4, -0.2) is 38.7 Å². The highest BCUT2D eigenvalue weighted by Crippen LogP contribution is 2.24. The molecule has 0 spiro atoms. The van der Waals surface area contributed by atoms with Gasteiger partial charge in [-0.25, -0.2) is 0 Å². The van der Waals surface area contributed by atoms with Crippen LogP contribution in [0, 0.1) is 19.8 Å². The first-order chi connectivity index (χ1) is 15.4. The first-order valence-corrected chi connectivity index (χ1v) is 12.3. The standard InChI is InChI=1S/C25H33N5OS/c1-17(2)12-22(26-25(31)20-14-18(3)13-19(4)15-20)24-28-27-23-7-8-29(9-10-30(23)24)16-21-6-5-11-32-21/h5-6,11,13-15,17,22H,7-10,12,16H2,1-4H3,(H,26,31). The first kappa shape index (κ1) is 22.7. The van der Waals surface area contributed by atoms with Crippen LogP contribution in [0.25, 0.3) is 0 Å². The highest BCUT2D eigenvalue weighted by molar-refractivity contribution is 7.09. The highest BCUT2D eigenvalue weighted by Gasteiger charge is 2.26. The minimum absolute atomic E-state index is 0.0484. The van der Waals surface area contributed by atoms with Crippen molar-refractivity contribution in [2.24, 2.45) is 5.92 Å². The van der Waals surface area contributed by atoms with Crippen molar-refractivity contribution in [1.82, 2.24) is 25.0 Å². The SMILES string of the molecule is Cc1cc(C)cc(C(=O)NC(CC(C)C)c2nnc3n2CCN(Cc2cccs2)CC3)c1. The minimum Gasteiger partial charge on any atom is -0.342 e. The number of hydrogen-bond acceptors (Lipinski definition) is 5. The van der Waals surface area contributed by atoms with Gasteiger partial charge < -0.3 is 9.88 Å². The number of carbonyl (C=O) groups is 1. The number of carbonyl (C=O) groups excluding carboxylic acids is 1. The summed E-state index contributed by atoms with van der Waals surface area (Å²) in [5.74, 6) is 2.27.